The van der Waals surface area contributed by atoms with E-state index in [9.17, 15) is 9.59 Å². The van der Waals surface area contributed by atoms with Crippen molar-refractivity contribution in [2.75, 3.05) is 19.0 Å². The molecule has 0 aliphatic carbocycles. The number of para-hydroxylation sites is 1. The van der Waals surface area contributed by atoms with Gasteiger partial charge in [0.05, 0.1) is 30.8 Å². The summed E-state index contributed by atoms with van der Waals surface area (Å²) < 4.78 is 4.52. The van der Waals surface area contributed by atoms with Gasteiger partial charge in [0, 0.05) is 6.04 Å². The molecule has 1 aromatic carbocycles. The highest BCUT2D eigenvalue weighted by molar-refractivity contribution is 6.33. The number of benzene rings is 1. The lowest BCUT2D eigenvalue weighted by atomic mass is 10.2. The van der Waals surface area contributed by atoms with E-state index in [4.69, 9.17) is 11.6 Å². The van der Waals surface area contributed by atoms with Crippen molar-refractivity contribution in [3.05, 3.63) is 29.3 Å². The van der Waals surface area contributed by atoms with Crippen LogP contribution in [0.1, 0.15) is 13.3 Å². The molecule has 0 heterocycles. The van der Waals surface area contributed by atoms with Crippen molar-refractivity contribution in [3.63, 3.8) is 0 Å². The van der Waals surface area contributed by atoms with Gasteiger partial charge in [-0.3, -0.25) is 9.59 Å². The highest BCUT2D eigenvalue weighted by atomic mass is 35.5. The Balaban J connectivity index is 2.36. The highest BCUT2D eigenvalue weighted by Crippen LogP contribution is 2.19. The average molecular weight is 285 g/mol. The minimum Gasteiger partial charge on any atom is -0.469 e. The Kier molecular flexibility index (Phi) is 6.15. The molecule has 0 aliphatic heterocycles. The van der Waals surface area contributed by atoms with E-state index < -0.39 is 0 Å². The molecule has 0 radical (unpaired) electrons. The number of hydrogen-bond donors (Lipinski definition) is 2. The van der Waals surface area contributed by atoms with E-state index in [1.807, 2.05) is 12.1 Å². The van der Waals surface area contributed by atoms with Gasteiger partial charge >= 0.3 is 5.97 Å². The largest absolute Gasteiger partial charge is 0.469 e. The third-order valence-corrected chi connectivity index (χ3v) is 2.75. The Hall–Kier alpha value is -1.75. The first-order valence-corrected chi connectivity index (χ1v) is 6.25. The molecule has 1 rings (SSSR count). The molecule has 0 spiro atoms. The van der Waals surface area contributed by atoms with E-state index in [1.54, 1.807) is 19.1 Å². The Bertz CT molecular complexity index is 451. The molecule has 1 atom stereocenters. The summed E-state index contributed by atoms with van der Waals surface area (Å²) in [5.41, 5.74) is 0.694. The lowest BCUT2D eigenvalue weighted by Crippen LogP contribution is -2.38. The van der Waals surface area contributed by atoms with E-state index >= 15 is 0 Å². The summed E-state index contributed by atoms with van der Waals surface area (Å²) in [6.45, 7) is 1.83. The Morgan fingerprint density at radius 2 is 2.05 bits per heavy atom. The number of anilines is 1. The molecule has 19 heavy (non-hydrogen) atoms. The number of nitrogens with one attached hydrogen (secondary N) is 2. The molecule has 0 aliphatic rings. The highest BCUT2D eigenvalue weighted by Gasteiger charge is 2.12. The van der Waals surface area contributed by atoms with Gasteiger partial charge in [-0.2, -0.15) is 0 Å². The first-order valence-electron chi connectivity index (χ1n) is 5.87. The summed E-state index contributed by atoms with van der Waals surface area (Å²) in [6.07, 6.45) is 0.147. The zero-order valence-electron chi connectivity index (χ0n) is 10.9. The fraction of sp³-hybridized carbons (Fsp3) is 0.385. The predicted octanol–water partition coefficient (Wildman–Crippen LogP) is 1.82. The number of halogens is 1. The maximum atomic E-state index is 11.6. The van der Waals surface area contributed by atoms with Crippen LogP contribution >= 0.6 is 11.6 Å². The van der Waals surface area contributed by atoms with Gasteiger partial charge in [-0.05, 0) is 19.1 Å². The minimum absolute atomic E-state index is 0.0925. The maximum absolute atomic E-state index is 11.6. The van der Waals surface area contributed by atoms with Crippen molar-refractivity contribution < 1.29 is 14.3 Å². The predicted molar refractivity (Wildman–Crippen MR) is 74.2 cm³/mol. The van der Waals surface area contributed by atoms with Gasteiger partial charge in [0.25, 0.3) is 0 Å². The number of methoxy groups -OCH3 is 1. The van der Waals surface area contributed by atoms with Crippen LogP contribution in [0.5, 0.6) is 0 Å². The number of hydrogen-bond acceptors (Lipinski definition) is 4. The number of carbonyl (C=O) groups excluding carboxylic acids is 2. The van der Waals surface area contributed by atoms with E-state index in [-0.39, 0.29) is 30.9 Å². The zero-order valence-corrected chi connectivity index (χ0v) is 11.7. The van der Waals surface area contributed by atoms with Crippen molar-refractivity contribution in [2.45, 2.75) is 19.4 Å². The van der Waals surface area contributed by atoms with Crippen LogP contribution in [0.25, 0.3) is 0 Å². The third-order valence-electron chi connectivity index (χ3n) is 2.42. The molecule has 1 aromatic rings. The van der Waals surface area contributed by atoms with Gasteiger partial charge in [-0.15, -0.1) is 0 Å². The second kappa shape index (κ2) is 7.63. The van der Waals surface area contributed by atoms with Crippen molar-refractivity contribution >= 4 is 29.2 Å². The zero-order chi connectivity index (χ0) is 14.3. The van der Waals surface area contributed by atoms with Crippen LogP contribution in [0.4, 0.5) is 5.69 Å². The molecule has 0 saturated carbocycles. The molecule has 1 amide bonds. The van der Waals surface area contributed by atoms with E-state index in [2.05, 4.69) is 15.4 Å². The molecule has 0 aromatic heterocycles. The summed E-state index contributed by atoms with van der Waals surface area (Å²) in [6, 6.07) is 6.89. The van der Waals surface area contributed by atoms with Crippen LogP contribution in [0, 0.1) is 0 Å². The second-order valence-electron chi connectivity index (χ2n) is 4.08. The summed E-state index contributed by atoms with van der Waals surface area (Å²) in [7, 11) is 1.32. The summed E-state index contributed by atoms with van der Waals surface area (Å²) in [5, 5.41) is 6.17. The Morgan fingerprint density at radius 1 is 1.37 bits per heavy atom. The molecular formula is C13H17ClN2O3. The number of carbonyl (C=O) groups is 2. The number of rotatable bonds is 6. The van der Waals surface area contributed by atoms with Crippen LogP contribution in [0.3, 0.4) is 0 Å². The van der Waals surface area contributed by atoms with E-state index in [0.29, 0.717) is 10.7 Å². The van der Waals surface area contributed by atoms with Gasteiger partial charge in [-0.1, -0.05) is 23.7 Å². The van der Waals surface area contributed by atoms with Crippen molar-refractivity contribution in [1.82, 2.24) is 5.32 Å². The Labute approximate surface area is 117 Å². The average Bonchev–Trinajstić information content (AvgIpc) is 2.37. The van der Waals surface area contributed by atoms with Crippen LogP contribution < -0.4 is 10.6 Å². The fourth-order valence-electron chi connectivity index (χ4n) is 1.49. The number of amides is 1. The van der Waals surface area contributed by atoms with Gasteiger partial charge in [0.1, 0.15) is 0 Å². The van der Waals surface area contributed by atoms with Crippen molar-refractivity contribution in [3.8, 4) is 0 Å². The molecule has 104 valence electrons. The van der Waals surface area contributed by atoms with Crippen LogP contribution in [-0.2, 0) is 14.3 Å². The number of esters is 1. The van der Waals surface area contributed by atoms with Crippen molar-refractivity contribution in [2.24, 2.45) is 0 Å². The lowest BCUT2D eigenvalue weighted by Gasteiger charge is -2.13. The molecule has 0 saturated heterocycles. The van der Waals surface area contributed by atoms with Crippen LogP contribution in [-0.4, -0.2) is 31.6 Å². The quantitative estimate of drug-likeness (QED) is 0.782. The fourth-order valence-corrected chi connectivity index (χ4v) is 1.69. The maximum Gasteiger partial charge on any atom is 0.307 e. The Morgan fingerprint density at radius 3 is 2.68 bits per heavy atom. The van der Waals surface area contributed by atoms with Crippen molar-refractivity contribution in [1.29, 1.82) is 0 Å². The summed E-state index contributed by atoms with van der Waals surface area (Å²) in [5.74, 6) is -0.566. The second-order valence-corrected chi connectivity index (χ2v) is 4.49. The summed E-state index contributed by atoms with van der Waals surface area (Å²) >= 11 is 5.95. The van der Waals surface area contributed by atoms with E-state index in [1.165, 1.54) is 7.11 Å². The standard InChI is InChI=1S/C13H17ClN2O3/c1-9(7-13(18)19-2)16-12(17)8-15-11-6-4-3-5-10(11)14/h3-6,9,15H,7-8H2,1-2H3,(H,16,17)/t9-/m0/s1. The molecule has 0 fully saturated rings. The lowest BCUT2D eigenvalue weighted by molar-refractivity contribution is -0.141. The van der Waals surface area contributed by atoms with E-state index in [0.717, 1.165) is 0 Å². The van der Waals surface area contributed by atoms with Gasteiger partial charge in [0.2, 0.25) is 5.91 Å². The normalized spacial score (nSPS) is 11.5. The number of ether oxygens (including phenoxy) is 1. The first-order chi connectivity index (χ1) is 9.02. The molecule has 0 bridgehead atoms. The topological polar surface area (TPSA) is 67.4 Å². The molecule has 5 nitrogen and oxygen atoms in total. The van der Waals surface area contributed by atoms with Gasteiger partial charge in [0.15, 0.2) is 0 Å². The minimum atomic E-state index is -0.355. The third kappa shape index (κ3) is 5.61. The van der Waals surface area contributed by atoms with Crippen LogP contribution in [0.15, 0.2) is 24.3 Å². The molecule has 2 N–H and O–H groups in total. The summed E-state index contributed by atoms with van der Waals surface area (Å²) in [4.78, 5) is 22.7. The molecule has 6 heteroatoms. The molecular weight excluding hydrogens is 268 g/mol. The van der Waals surface area contributed by atoms with Gasteiger partial charge in [-0.25, -0.2) is 0 Å². The smallest absolute Gasteiger partial charge is 0.307 e. The first kappa shape index (κ1) is 15.3. The molecule has 0 unspecified atom stereocenters. The SMILES string of the molecule is COC(=O)C[C@H](C)NC(=O)CNc1ccccc1Cl. The van der Waals surface area contributed by atoms with Gasteiger partial charge < -0.3 is 15.4 Å². The monoisotopic (exact) mass is 284 g/mol. The van der Waals surface area contributed by atoms with Crippen LogP contribution in [0.2, 0.25) is 5.02 Å².